The first kappa shape index (κ1) is 9.70. The van der Waals surface area contributed by atoms with Crippen molar-refractivity contribution in [1.29, 1.82) is 0 Å². The summed E-state index contributed by atoms with van der Waals surface area (Å²) in [5, 5.41) is 8.21. The van der Waals surface area contributed by atoms with Crippen LogP contribution in [0.3, 0.4) is 0 Å². The van der Waals surface area contributed by atoms with E-state index in [-0.39, 0.29) is 0 Å². The fourth-order valence-electron chi connectivity index (χ4n) is 0.791. The van der Waals surface area contributed by atoms with Crippen molar-refractivity contribution >= 4 is 5.97 Å². The zero-order chi connectivity index (χ0) is 9.52. The van der Waals surface area contributed by atoms with Crippen molar-refractivity contribution in [2.24, 2.45) is 0 Å². The SMILES string of the molecule is O=C(O)[CH]NOCc1ccccc1. The Bertz CT molecular complexity index is 261. The lowest BCUT2D eigenvalue weighted by atomic mass is 10.2. The lowest BCUT2D eigenvalue weighted by Crippen LogP contribution is -2.16. The Morgan fingerprint density at radius 3 is 2.77 bits per heavy atom. The molecule has 0 atom stereocenters. The molecule has 0 aliphatic carbocycles. The zero-order valence-electron chi connectivity index (χ0n) is 6.93. The highest BCUT2D eigenvalue weighted by atomic mass is 16.6. The maximum absolute atomic E-state index is 10.0. The van der Waals surface area contributed by atoms with Gasteiger partial charge in [0.1, 0.15) is 0 Å². The van der Waals surface area contributed by atoms with Crippen LogP contribution in [0.25, 0.3) is 0 Å². The molecule has 0 heterocycles. The number of nitrogens with one attached hydrogen (secondary N) is 1. The Balaban J connectivity index is 2.17. The van der Waals surface area contributed by atoms with Gasteiger partial charge in [-0.1, -0.05) is 30.3 Å². The van der Waals surface area contributed by atoms with Crippen LogP contribution < -0.4 is 5.48 Å². The molecule has 0 spiro atoms. The number of carboxylic acids is 1. The van der Waals surface area contributed by atoms with Gasteiger partial charge in [-0.2, -0.15) is 5.48 Å². The van der Waals surface area contributed by atoms with E-state index in [0.29, 0.717) is 6.61 Å². The molecule has 0 aliphatic heterocycles. The van der Waals surface area contributed by atoms with E-state index in [0.717, 1.165) is 12.1 Å². The predicted octanol–water partition coefficient (Wildman–Crippen LogP) is 0.954. The topological polar surface area (TPSA) is 58.6 Å². The smallest absolute Gasteiger partial charge is 0.325 e. The van der Waals surface area contributed by atoms with E-state index in [4.69, 9.17) is 9.94 Å². The second-order valence-electron chi connectivity index (χ2n) is 2.37. The monoisotopic (exact) mass is 180 g/mol. The van der Waals surface area contributed by atoms with Crippen LogP contribution in [0.15, 0.2) is 30.3 Å². The number of rotatable bonds is 5. The number of benzene rings is 1. The minimum atomic E-state index is -1.06. The number of hydrogen-bond acceptors (Lipinski definition) is 3. The molecule has 4 nitrogen and oxygen atoms in total. The summed E-state index contributed by atoms with van der Waals surface area (Å²) in [7, 11) is 0. The van der Waals surface area contributed by atoms with Gasteiger partial charge in [0.25, 0.3) is 0 Å². The maximum Gasteiger partial charge on any atom is 0.325 e. The molecule has 0 aliphatic rings. The van der Waals surface area contributed by atoms with Gasteiger partial charge in [-0.3, -0.25) is 9.63 Å². The Morgan fingerprint density at radius 2 is 2.15 bits per heavy atom. The van der Waals surface area contributed by atoms with Crippen LogP contribution in [0.1, 0.15) is 5.56 Å². The average Bonchev–Trinajstić information content (AvgIpc) is 2.14. The van der Waals surface area contributed by atoms with Gasteiger partial charge in [0.15, 0.2) is 6.54 Å². The van der Waals surface area contributed by atoms with E-state index in [1.165, 1.54) is 0 Å². The largest absolute Gasteiger partial charge is 0.480 e. The molecule has 0 saturated heterocycles. The van der Waals surface area contributed by atoms with Crippen LogP contribution in [-0.4, -0.2) is 11.1 Å². The summed E-state index contributed by atoms with van der Waals surface area (Å²) in [6.07, 6.45) is 0. The first-order chi connectivity index (χ1) is 6.29. The third-order valence-electron chi connectivity index (χ3n) is 1.35. The molecule has 0 saturated carbocycles. The maximum atomic E-state index is 10.0. The van der Waals surface area contributed by atoms with Crippen molar-refractivity contribution in [2.45, 2.75) is 6.61 Å². The van der Waals surface area contributed by atoms with Gasteiger partial charge >= 0.3 is 5.97 Å². The second kappa shape index (κ2) is 5.29. The van der Waals surface area contributed by atoms with Crippen LogP contribution >= 0.6 is 0 Å². The normalized spacial score (nSPS) is 9.85. The van der Waals surface area contributed by atoms with Crippen molar-refractivity contribution in [3.8, 4) is 0 Å². The molecule has 2 N–H and O–H groups in total. The second-order valence-corrected chi connectivity index (χ2v) is 2.37. The van der Waals surface area contributed by atoms with Gasteiger partial charge < -0.3 is 5.11 Å². The molecule has 4 heteroatoms. The Labute approximate surface area is 76.1 Å². The summed E-state index contributed by atoms with van der Waals surface area (Å²) in [6.45, 7) is 1.17. The minimum Gasteiger partial charge on any atom is -0.480 e. The summed E-state index contributed by atoms with van der Waals surface area (Å²) in [6, 6.07) is 9.46. The number of aliphatic carboxylic acids is 1. The van der Waals surface area contributed by atoms with Gasteiger partial charge in [-0.05, 0) is 5.56 Å². The fourth-order valence-corrected chi connectivity index (χ4v) is 0.791. The molecule has 1 aromatic rings. The average molecular weight is 180 g/mol. The molecule has 0 unspecified atom stereocenters. The van der Waals surface area contributed by atoms with Crippen LogP contribution in [0, 0.1) is 6.54 Å². The minimum absolute atomic E-state index is 0.338. The lowest BCUT2D eigenvalue weighted by molar-refractivity contribution is -0.135. The van der Waals surface area contributed by atoms with Crippen molar-refractivity contribution in [2.75, 3.05) is 0 Å². The molecular formula is C9H10NO3. The van der Waals surface area contributed by atoms with Crippen molar-refractivity contribution in [1.82, 2.24) is 5.48 Å². The van der Waals surface area contributed by atoms with Gasteiger partial charge in [0.2, 0.25) is 0 Å². The predicted molar refractivity (Wildman–Crippen MR) is 46.3 cm³/mol. The summed E-state index contributed by atoms with van der Waals surface area (Å²) < 4.78 is 0. The van der Waals surface area contributed by atoms with Crippen molar-refractivity contribution in [3.05, 3.63) is 42.4 Å². The zero-order valence-corrected chi connectivity index (χ0v) is 6.93. The highest BCUT2D eigenvalue weighted by Gasteiger charge is 1.96. The number of carbonyl (C=O) groups is 1. The van der Waals surface area contributed by atoms with Gasteiger partial charge in [0, 0.05) is 0 Å². The highest BCUT2D eigenvalue weighted by Crippen LogP contribution is 1.98. The van der Waals surface area contributed by atoms with E-state index in [9.17, 15) is 4.79 Å². The number of carboxylic acid groups (broad SMARTS) is 1. The Morgan fingerprint density at radius 1 is 1.46 bits per heavy atom. The first-order valence-corrected chi connectivity index (χ1v) is 3.76. The van der Waals surface area contributed by atoms with Gasteiger partial charge in [0.05, 0.1) is 6.61 Å². The summed E-state index contributed by atoms with van der Waals surface area (Å²) in [4.78, 5) is 14.9. The molecule has 0 fully saturated rings. The van der Waals surface area contributed by atoms with E-state index in [1.807, 2.05) is 30.3 Å². The van der Waals surface area contributed by atoms with E-state index >= 15 is 0 Å². The van der Waals surface area contributed by atoms with Crippen molar-refractivity contribution in [3.63, 3.8) is 0 Å². The van der Waals surface area contributed by atoms with Crippen LogP contribution in [0.2, 0.25) is 0 Å². The summed E-state index contributed by atoms with van der Waals surface area (Å²) in [5.74, 6) is -1.06. The Kier molecular flexibility index (Phi) is 3.95. The molecular weight excluding hydrogens is 170 g/mol. The van der Waals surface area contributed by atoms with Gasteiger partial charge in [-0.15, -0.1) is 0 Å². The summed E-state index contributed by atoms with van der Waals surface area (Å²) >= 11 is 0. The van der Waals surface area contributed by atoms with Crippen LogP contribution in [0.5, 0.6) is 0 Å². The van der Waals surface area contributed by atoms with Gasteiger partial charge in [-0.25, -0.2) is 0 Å². The van der Waals surface area contributed by atoms with Crippen molar-refractivity contribution < 1.29 is 14.7 Å². The molecule has 13 heavy (non-hydrogen) atoms. The first-order valence-electron chi connectivity index (χ1n) is 3.76. The summed E-state index contributed by atoms with van der Waals surface area (Å²) in [5.41, 5.74) is 3.19. The highest BCUT2D eigenvalue weighted by molar-refractivity contribution is 5.75. The number of hydrogen-bond donors (Lipinski definition) is 2. The van der Waals surface area contributed by atoms with E-state index in [2.05, 4.69) is 5.48 Å². The Hall–Kier alpha value is -1.39. The number of hydroxylamine groups is 1. The third kappa shape index (κ3) is 4.25. The van der Waals surface area contributed by atoms with Crippen LogP contribution in [-0.2, 0) is 16.2 Å². The van der Waals surface area contributed by atoms with E-state index in [1.54, 1.807) is 0 Å². The van der Waals surface area contributed by atoms with Crippen LogP contribution in [0.4, 0.5) is 0 Å². The molecule has 0 bridgehead atoms. The molecule has 1 radical (unpaired) electrons. The fraction of sp³-hybridized carbons (Fsp3) is 0.111. The van der Waals surface area contributed by atoms with E-state index < -0.39 is 5.97 Å². The molecule has 69 valence electrons. The molecule has 0 amide bonds. The molecule has 1 rings (SSSR count). The molecule has 0 aromatic heterocycles. The lowest BCUT2D eigenvalue weighted by Gasteiger charge is -2.02. The third-order valence-corrected chi connectivity index (χ3v) is 1.35. The molecule has 1 aromatic carbocycles. The standard InChI is InChI=1S/C9H10NO3/c11-9(12)6-10-13-7-8-4-2-1-3-5-8/h1-6,10H,7H2,(H,11,12). The quantitative estimate of drug-likeness (QED) is 0.523.